The molecule has 12 heavy (non-hydrogen) atoms. The van der Waals surface area contributed by atoms with Crippen molar-refractivity contribution in [2.75, 3.05) is 0 Å². The van der Waals surface area contributed by atoms with Gasteiger partial charge in [0.05, 0.1) is 0 Å². The van der Waals surface area contributed by atoms with Crippen LogP contribution in [0.15, 0.2) is 6.07 Å². The molecular formula is C9H15FN2. The summed E-state index contributed by atoms with van der Waals surface area (Å²) in [5.41, 5.74) is 0.912. The average Bonchev–Trinajstić information content (AvgIpc) is 2.29. The zero-order chi connectivity index (χ0) is 9.35. The van der Waals surface area contributed by atoms with Crippen molar-refractivity contribution in [2.45, 2.75) is 39.7 Å². The van der Waals surface area contributed by atoms with Gasteiger partial charge in [-0.05, 0) is 6.92 Å². The van der Waals surface area contributed by atoms with E-state index in [1.54, 1.807) is 4.68 Å². The Kier molecular flexibility index (Phi) is 2.22. The predicted octanol–water partition coefficient (Wildman–Crippen LogP) is 2.34. The zero-order valence-electron chi connectivity index (χ0n) is 8.06. The Morgan fingerprint density at radius 2 is 2.08 bits per heavy atom. The van der Waals surface area contributed by atoms with Crippen LogP contribution in [0.25, 0.3) is 0 Å². The van der Waals surface area contributed by atoms with Crippen molar-refractivity contribution < 1.29 is 4.39 Å². The molecule has 0 aromatic carbocycles. The summed E-state index contributed by atoms with van der Waals surface area (Å²) in [5.74, 6) is -0.387. The molecule has 0 unspecified atom stereocenters. The summed E-state index contributed by atoms with van der Waals surface area (Å²) in [7, 11) is 0. The molecule has 0 aliphatic carbocycles. The van der Waals surface area contributed by atoms with E-state index in [-0.39, 0.29) is 11.4 Å². The summed E-state index contributed by atoms with van der Waals surface area (Å²) in [6.45, 7) is 8.83. The molecule has 68 valence electrons. The van der Waals surface area contributed by atoms with Gasteiger partial charge in [0, 0.05) is 23.7 Å². The second kappa shape index (κ2) is 2.88. The largest absolute Gasteiger partial charge is 0.266 e. The van der Waals surface area contributed by atoms with E-state index in [0.29, 0.717) is 0 Å². The molecule has 1 aromatic rings. The Balaban J connectivity index is 3.13. The molecule has 0 N–H and O–H groups in total. The smallest absolute Gasteiger partial charge is 0.232 e. The number of hydrogen-bond acceptors (Lipinski definition) is 1. The van der Waals surface area contributed by atoms with Crippen molar-refractivity contribution in [3.8, 4) is 0 Å². The molecule has 0 saturated carbocycles. The van der Waals surface area contributed by atoms with E-state index in [1.807, 2.05) is 6.92 Å². The highest BCUT2D eigenvalue weighted by molar-refractivity contribution is 5.12. The summed E-state index contributed by atoms with van der Waals surface area (Å²) < 4.78 is 14.5. The molecule has 0 radical (unpaired) electrons. The van der Waals surface area contributed by atoms with Crippen LogP contribution in [-0.2, 0) is 12.0 Å². The highest BCUT2D eigenvalue weighted by Gasteiger charge is 2.19. The van der Waals surface area contributed by atoms with Gasteiger partial charge in [0.2, 0.25) is 5.95 Å². The van der Waals surface area contributed by atoms with Crippen molar-refractivity contribution in [1.82, 2.24) is 9.78 Å². The highest BCUT2D eigenvalue weighted by atomic mass is 19.1. The summed E-state index contributed by atoms with van der Waals surface area (Å²) >= 11 is 0. The van der Waals surface area contributed by atoms with Gasteiger partial charge in [-0.25, -0.2) is 0 Å². The van der Waals surface area contributed by atoms with E-state index in [0.717, 1.165) is 12.2 Å². The predicted molar refractivity (Wildman–Crippen MR) is 46.6 cm³/mol. The van der Waals surface area contributed by atoms with Gasteiger partial charge in [0.1, 0.15) is 0 Å². The van der Waals surface area contributed by atoms with E-state index < -0.39 is 0 Å². The normalized spacial score (nSPS) is 12.1. The number of rotatable bonds is 1. The maximum absolute atomic E-state index is 12.8. The highest BCUT2D eigenvalue weighted by Crippen LogP contribution is 2.22. The molecule has 0 amide bonds. The minimum absolute atomic E-state index is 0.0344. The number of hydrogen-bond donors (Lipinski definition) is 0. The SMILES string of the molecule is CCn1nc(F)cc1C(C)(C)C. The zero-order valence-corrected chi connectivity index (χ0v) is 8.06. The van der Waals surface area contributed by atoms with Gasteiger partial charge < -0.3 is 0 Å². The van der Waals surface area contributed by atoms with Gasteiger partial charge in [-0.1, -0.05) is 20.8 Å². The number of aryl methyl sites for hydroxylation is 1. The molecule has 3 heteroatoms. The Labute approximate surface area is 72.4 Å². The van der Waals surface area contributed by atoms with Gasteiger partial charge in [0.25, 0.3) is 0 Å². The van der Waals surface area contributed by atoms with Crippen LogP contribution >= 0.6 is 0 Å². The van der Waals surface area contributed by atoms with Gasteiger partial charge in [-0.15, -0.1) is 5.10 Å². The second-order valence-electron chi connectivity index (χ2n) is 3.92. The van der Waals surface area contributed by atoms with Crippen LogP contribution in [0.4, 0.5) is 4.39 Å². The molecule has 0 bridgehead atoms. The van der Waals surface area contributed by atoms with E-state index in [1.165, 1.54) is 6.07 Å². The van der Waals surface area contributed by atoms with E-state index in [4.69, 9.17) is 0 Å². The Hall–Kier alpha value is -0.860. The Morgan fingerprint density at radius 1 is 1.50 bits per heavy atom. The maximum Gasteiger partial charge on any atom is 0.232 e. The van der Waals surface area contributed by atoms with E-state index in [9.17, 15) is 4.39 Å². The first-order valence-corrected chi connectivity index (χ1v) is 4.19. The standard InChI is InChI=1S/C9H15FN2/c1-5-12-7(9(2,3)4)6-8(10)11-12/h6H,5H2,1-4H3. The van der Waals surface area contributed by atoms with Crippen LogP contribution in [0.3, 0.4) is 0 Å². The lowest BCUT2D eigenvalue weighted by molar-refractivity contribution is 0.482. The number of halogens is 1. The lowest BCUT2D eigenvalue weighted by atomic mass is 9.92. The molecule has 0 atom stereocenters. The molecule has 1 heterocycles. The van der Waals surface area contributed by atoms with Crippen LogP contribution in [-0.4, -0.2) is 9.78 Å². The fraction of sp³-hybridized carbons (Fsp3) is 0.667. The molecule has 2 nitrogen and oxygen atoms in total. The Morgan fingerprint density at radius 3 is 2.42 bits per heavy atom. The van der Waals surface area contributed by atoms with Crippen molar-refractivity contribution in [3.05, 3.63) is 17.7 Å². The molecule has 0 spiro atoms. The third-order valence-corrected chi connectivity index (χ3v) is 1.82. The van der Waals surface area contributed by atoms with Crippen LogP contribution in [0.5, 0.6) is 0 Å². The topological polar surface area (TPSA) is 17.8 Å². The van der Waals surface area contributed by atoms with Crippen molar-refractivity contribution >= 4 is 0 Å². The fourth-order valence-electron chi connectivity index (χ4n) is 1.23. The third-order valence-electron chi connectivity index (χ3n) is 1.82. The Bertz CT molecular complexity index is 271. The quantitative estimate of drug-likeness (QED) is 0.632. The molecular weight excluding hydrogens is 155 g/mol. The number of nitrogens with zero attached hydrogens (tertiary/aromatic N) is 2. The van der Waals surface area contributed by atoms with E-state index in [2.05, 4.69) is 25.9 Å². The first-order chi connectivity index (χ1) is 5.45. The monoisotopic (exact) mass is 170 g/mol. The van der Waals surface area contributed by atoms with Crippen LogP contribution in [0, 0.1) is 5.95 Å². The van der Waals surface area contributed by atoms with E-state index >= 15 is 0 Å². The van der Waals surface area contributed by atoms with Crippen LogP contribution in [0.1, 0.15) is 33.4 Å². The lowest BCUT2D eigenvalue weighted by Gasteiger charge is -2.18. The maximum atomic E-state index is 12.8. The molecule has 0 saturated heterocycles. The summed E-state index contributed by atoms with van der Waals surface area (Å²) in [6, 6.07) is 1.50. The third kappa shape index (κ3) is 1.65. The summed E-state index contributed by atoms with van der Waals surface area (Å²) in [6.07, 6.45) is 0. The van der Waals surface area contributed by atoms with Gasteiger partial charge >= 0.3 is 0 Å². The molecule has 0 aliphatic heterocycles. The number of aromatic nitrogens is 2. The van der Waals surface area contributed by atoms with Crippen LogP contribution < -0.4 is 0 Å². The lowest BCUT2D eigenvalue weighted by Crippen LogP contribution is -2.17. The summed E-state index contributed by atoms with van der Waals surface area (Å²) in [4.78, 5) is 0. The minimum atomic E-state index is -0.387. The van der Waals surface area contributed by atoms with Crippen molar-refractivity contribution in [2.24, 2.45) is 0 Å². The van der Waals surface area contributed by atoms with Crippen molar-refractivity contribution in [1.29, 1.82) is 0 Å². The van der Waals surface area contributed by atoms with Crippen LogP contribution in [0.2, 0.25) is 0 Å². The summed E-state index contributed by atoms with van der Waals surface area (Å²) in [5, 5.41) is 3.75. The molecule has 1 rings (SSSR count). The first-order valence-electron chi connectivity index (χ1n) is 4.19. The molecule has 1 aromatic heterocycles. The van der Waals surface area contributed by atoms with Gasteiger partial charge in [-0.2, -0.15) is 4.39 Å². The molecule has 0 fully saturated rings. The first kappa shape index (κ1) is 9.23. The second-order valence-corrected chi connectivity index (χ2v) is 3.92. The van der Waals surface area contributed by atoms with Crippen molar-refractivity contribution in [3.63, 3.8) is 0 Å². The minimum Gasteiger partial charge on any atom is -0.266 e. The molecule has 0 aliphatic rings. The van der Waals surface area contributed by atoms with Gasteiger partial charge in [0.15, 0.2) is 0 Å². The van der Waals surface area contributed by atoms with Gasteiger partial charge in [-0.3, -0.25) is 4.68 Å². The fourth-order valence-corrected chi connectivity index (χ4v) is 1.23. The average molecular weight is 170 g/mol.